The zero-order valence-electron chi connectivity index (χ0n) is 8.84. The minimum absolute atomic E-state index is 0.153. The van der Waals surface area contributed by atoms with Gasteiger partial charge in [0, 0.05) is 0 Å². The lowest BCUT2D eigenvalue weighted by molar-refractivity contribution is -0.140. The quantitative estimate of drug-likeness (QED) is 0.667. The maximum atomic E-state index is 11.7. The fourth-order valence-corrected chi connectivity index (χ4v) is 2.34. The minimum atomic E-state index is -3.86. The molecule has 0 radical (unpaired) electrons. The highest BCUT2D eigenvalue weighted by molar-refractivity contribution is 7.89. The summed E-state index contributed by atoms with van der Waals surface area (Å²) in [6.45, 7) is 3.24. The second kappa shape index (κ2) is 4.62. The van der Waals surface area contributed by atoms with Crippen molar-refractivity contribution in [3.63, 3.8) is 0 Å². The molecule has 8 heteroatoms. The third-order valence-electron chi connectivity index (χ3n) is 1.98. The third kappa shape index (κ3) is 2.80. The molecule has 0 aliphatic carbocycles. The molecule has 0 aromatic carbocycles. The van der Waals surface area contributed by atoms with Crippen molar-refractivity contribution in [2.24, 2.45) is 5.92 Å². The molecule has 0 bridgehead atoms. The Hall–Kier alpha value is -1.41. The van der Waals surface area contributed by atoms with Crippen LogP contribution >= 0.6 is 0 Å². The number of nitrogens with zero attached hydrogens (tertiary/aromatic N) is 1. The summed E-state index contributed by atoms with van der Waals surface area (Å²) in [5.41, 5.74) is 0. The summed E-state index contributed by atoms with van der Waals surface area (Å²) >= 11 is 0. The summed E-state index contributed by atoms with van der Waals surface area (Å²) in [7, 11) is -3.86. The van der Waals surface area contributed by atoms with Gasteiger partial charge in [-0.2, -0.15) is 9.82 Å². The van der Waals surface area contributed by atoms with Gasteiger partial charge in [-0.1, -0.05) is 13.8 Å². The van der Waals surface area contributed by atoms with E-state index in [9.17, 15) is 13.2 Å². The first-order chi connectivity index (χ1) is 7.34. The Balaban J connectivity index is 2.92. The van der Waals surface area contributed by atoms with Crippen LogP contribution in [0.25, 0.3) is 0 Å². The maximum absolute atomic E-state index is 11.7. The average molecular weight is 247 g/mol. The number of carboxylic acids is 1. The number of hydrogen-bond donors (Lipinski definition) is 3. The fourth-order valence-electron chi connectivity index (χ4n) is 1.10. The summed E-state index contributed by atoms with van der Waals surface area (Å²) in [6, 6.07) is 0.0926. The highest BCUT2D eigenvalue weighted by Crippen LogP contribution is 2.08. The van der Waals surface area contributed by atoms with Crippen LogP contribution in [-0.4, -0.2) is 35.7 Å². The van der Waals surface area contributed by atoms with Gasteiger partial charge in [-0.25, -0.2) is 8.42 Å². The summed E-state index contributed by atoms with van der Waals surface area (Å²) in [5, 5.41) is 14.5. The molecule has 3 N–H and O–H groups in total. The molecule has 1 rings (SSSR count). The van der Waals surface area contributed by atoms with Crippen molar-refractivity contribution in [3.05, 3.63) is 12.3 Å². The standard InChI is InChI=1S/C8H13N3O4S/c1-5(2)7(8(12)13)11-16(14,15)6-3-4-9-10-6/h3-5,7,11H,1-2H3,(H,9,10)(H,12,13)/t7-/m1/s1. The van der Waals surface area contributed by atoms with Crippen molar-refractivity contribution in [1.29, 1.82) is 0 Å². The van der Waals surface area contributed by atoms with E-state index in [-0.39, 0.29) is 10.9 Å². The molecule has 0 saturated carbocycles. The number of H-pyrrole nitrogens is 1. The first kappa shape index (κ1) is 12.7. The highest BCUT2D eigenvalue weighted by Gasteiger charge is 2.28. The van der Waals surface area contributed by atoms with Gasteiger partial charge in [0.15, 0.2) is 5.03 Å². The Morgan fingerprint density at radius 2 is 2.19 bits per heavy atom. The summed E-state index contributed by atoms with van der Waals surface area (Å²) in [4.78, 5) is 10.8. The number of carboxylic acid groups (broad SMARTS) is 1. The van der Waals surface area contributed by atoms with E-state index < -0.39 is 22.0 Å². The van der Waals surface area contributed by atoms with Crippen LogP contribution < -0.4 is 4.72 Å². The largest absolute Gasteiger partial charge is 0.480 e. The van der Waals surface area contributed by atoms with Crippen molar-refractivity contribution in [1.82, 2.24) is 14.9 Å². The predicted molar refractivity (Wildman–Crippen MR) is 55.2 cm³/mol. The highest BCUT2D eigenvalue weighted by atomic mass is 32.2. The zero-order valence-corrected chi connectivity index (χ0v) is 9.65. The molecule has 0 unspecified atom stereocenters. The van der Waals surface area contributed by atoms with Gasteiger partial charge in [0.05, 0.1) is 6.20 Å². The summed E-state index contributed by atoms with van der Waals surface area (Å²) < 4.78 is 25.4. The van der Waals surface area contributed by atoms with Gasteiger partial charge in [-0.15, -0.1) is 0 Å². The van der Waals surface area contributed by atoms with Gasteiger partial charge in [0.2, 0.25) is 0 Å². The SMILES string of the molecule is CC(C)[C@@H](NS(=O)(=O)c1ccn[nH]1)C(=O)O. The van der Waals surface area contributed by atoms with Gasteiger partial charge in [0.1, 0.15) is 6.04 Å². The van der Waals surface area contributed by atoms with Gasteiger partial charge in [0.25, 0.3) is 10.0 Å². The average Bonchev–Trinajstić information content (AvgIpc) is 2.66. The van der Waals surface area contributed by atoms with Gasteiger partial charge in [-0.05, 0) is 12.0 Å². The first-order valence-corrected chi connectivity index (χ1v) is 6.07. The number of rotatable bonds is 5. The molecular formula is C8H13N3O4S. The number of aromatic nitrogens is 2. The molecule has 1 heterocycles. The molecule has 1 aromatic rings. The van der Waals surface area contributed by atoms with Crippen LogP contribution in [0.3, 0.4) is 0 Å². The molecule has 0 spiro atoms. The number of sulfonamides is 1. The number of nitrogens with one attached hydrogen (secondary N) is 2. The van der Waals surface area contributed by atoms with Crippen LogP contribution in [0.2, 0.25) is 0 Å². The lowest BCUT2D eigenvalue weighted by Crippen LogP contribution is -2.44. The van der Waals surface area contributed by atoms with Gasteiger partial charge >= 0.3 is 5.97 Å². The van der Waals surface area contributed by atoms with Gasteiger partial charge < -0.3 is 5.11 Å². The van der Waals surface area contributed by atoms with E-state index in [0.29, 0.717) is 0 Å². The molecule has 90 valence electrons. The monoisotopic (exact) mass is 247 g/mol. The van der Waals surface area contributed by atoms with E-state index >= 15 is 0 Å². The van der Waals surface area contributed by atoms with Gasteiger partial charge in [-0.3, -0.25) is 9.89 Å². The number of carbonyl (C=O) groups is 1. The maximum Gasteiger partial charge on any atom is 0.322 e. The van der Waals surface area contributed by atoms with Crippen LogP contribution in [0.4, 0.5) is 0 Å². The van der Waals surface area contributed by atoms with E-state index in [1.165, 1.54) is 12.3 Å². The van der Waals surface area contributed by atoms with E-state index in [0.717, 1.165) is 0 Å². The van der Waals surface area contributed by atoms with Crippen molar-refractivity contribution in [2.75, 3.05) is 0 Å². The van der Waals surface area contributed by atoms with E-state index in [4.69, 9.17) is 5.11 Å². The Kier molecular flexibility index (Phi) is 3.66. The smallest absolute Gasteiger partial charge is 0.322 e. The number of hydrogen-bond acceptors (Lipinski definition) is 4. The molecule has 0 saturated heterocycles. The van der Waals surface area contributed by atoms with Crippen LogP contribution in [0.5, 0.6) is 0 Å². The number of aliphatic carboxylic acids is 1. The lowest BCUT2D eigenvalue weighted by atomic mass is 10.1. The predicted octanol–water partition coefficient (Wildman–Crippen LogP) is -0.203. The Bertz CT molecular complexity index is 452. The molecule has 0 amide bonds. The first-order valence-electron chi connectivity index (χ1n) is 4.59. The Labute approximate surface area is 92.9 Å². The lowest BCUT2D eigenvalue weighted by Gasteiger charge is -2.16. The van der Waals surface area contributed by atoms with Crippen molar-refractivity contribution in [2.45, 2.75) is 24.9 Å². The molecule has 0 fully saturated rings. The fraction of sp³-hybridized carbons (Fsp3) is 0.500. The van der Waals surface area contributed by atoms with Crippen LogP contribution in [0, 0.1) is 5.92 Å². The summed E-state index contributed by atoms with van der Waals surface area (Å²) in [5.74, 6) is -1.56. The topological polar surface area (TPSA) is 112 Å². The number of aromatic amines is 1. The van der Waals surface area contributed by atoms with E-state index in [2.05, 4.69) is 14.9 Å². The Morgan fingerprint density at radius 1 is 1.56 bits per heavy atom. The minimum Gasteiger partial charge on any atom is -0.480 e. The van der Waals surface area contributed by atoms with E-state index in [1.807, 2.05) is 0 Å². The molecular weight excluding hydrogens is 234 g/mol. The molecule has 16 heavy (non-hydrogen) atoms. The van der Waals surface area contributed by atoms with Crippen molar-refractivity contribution < 1.29 is 18.3 Å². The third-order valence-corrected chi connectivity index (χ3v) is 3.35. The van der Waals surface area contributed by atoms with E-state index in [1.54, 1.807) is 13.8 Å². The molecule has 0 aliphatic rings. The van der Waals surface area contributed by atoms with Crippen LogP contribution in [-0.2, 0) is 14.8 Å². The molecule has 1 atom stereocenters. The molecule has 0 aliphatic heterocycles. The van der Waals surface area contributed by atoms with Crippen molar-refractivity contribution in [3.8, 4) is 0 Å². The van der Waals surface area contributed by atoms with Crippen molar-refractivity contribution >= 4 is 16.0 Å². The second-order valence-corrected chi connectivity index (χ2v) is 5.28. The second-order valence-electron chi connectivity index (χ2n) is 3.60. The Morgan fingerprint density at radius 3 is 2.56 bits per heavy atom. The summed E-state index contributed by atoms with van der Waals surface area (Å²) in [6.07, 6.45) is 1.28. The van der Waals surface area contributed by atoms with Crippen LogP contribution in [0.15, 0.2) is 17.3 Å². The van der Waals surface area contributed by atoms with Crippen LogP contribution in [0.1, 0.15) is 13.8 Å². The normalized spacial score (nSPS) is 13.9. The molecule has 7 nitrogen and oxygen atoms in total. The molecule has 1 aromatic heterocycles. The zero-order chi connectivity index (χ0) is 12.3.